The number of hydrogen-bond donors (Lipinski definition) is 0. The van der Waals surface area contributed by atoms with Crippen LogP contribution in [0.25, 0.3) is 0 Å². The van der Waals surface area contributed by atoms with Crippen LogP contribution in [-0.2, 0) is 6.42 Å². The lowest BCUT2D eigenvalue weighted by Gasteiger charge is -2.09. The predicted octanol–water partition coefficient (Wildman–Crippen LogP) is 4.39. The Morgan fingerprint density at radius 2 is 1.88 bits per heavy atom. The molecule has 0 aliphatic rings. The molecule has 1 atom stereocenters. The molecule has 0 bridgehead atoms. The maximum Gasteiger partial charge on any atom is 0.129 e. The highest BCUT2D eigenvalue weighted by Crippen LogP contribution is 2.29. The average Bonchev–Trinajstić information content (AvgIpc) is 2.70. The van der Waals surface area contributed by atoms with Crippen molar-refractivity contribution in [2.24, 2.45) is 0 Å². The van der Waals surface area contributed by atoms with Gasteiger partial charge < -0.3 is 4.42 Å². The zero-order chi connectivity index (χ0) is 12.4. The van der Waals surface area contributed by atoms with Crippen LogP contribution in [0.15, 0.2) is 34.9 Å². The molecule has 0 fully saturated rings. The summed E-state index contributed by atoms with van der Waals surface area (Å²) in [4.78, 5) is 0. The number of aryl methyl sites for hydroxylation is 1. The monoisotopic (exact) mass is 256 g/mol. The molecule has 2 rings (SSSR count). The summed E-state index contributed by atoms with van der Waals surface area (Å²) in [6, 6.07) is 5.53. The Kier molecular flexibility index (Phi) is 3.48. The van der Waals surface area contributed by atoms with Crippen LogP contribution in [0.1, 0.15) is 22.3 Å². The van der Waals surface area contributed by atoms with Crippen molar-refractivity contribution in [3.05, 3.63) is 59.1 Å². The third kappa shape index (κ3) is 2.50. The number of rotatable bonds is 3. The average molecular weight is 257 g/mol. The van der Waals surface area contributed by atoms with Gasteiger partial charge in [-0.3, -0.25) is 0 Å². The second-order valence-electron chi connectivity index (χ2n) is 3.84. The van der Waals surface area contributed by atoms with Crippen LogP contribution in [0, 0.1) is 18.6 Å². The van der Waals surface area contributed by atoms with Crippen LogP contribution in [0.5, 0.6) is 0 Å². The Bertz CT molecular complexity index is 502. The normalized spacial score (nSPS) is 12.7. The van der Waals surface area contributed by atoms with Crippen molar-refractivity contribution in [1.82, 2.24) is 0 Å². The van der Waals surface area contributed by atoms with Gasteiger partial charge in [0.2, 0.25) is 0 Å². The van der Waals surface area contributed by atoms with E-state index < -0.39 is 17.0 Å². The van der Waals surface area contributed by atoms with Crippen LogP contribution in [0.4, 0.5) is 8.78 Å². The molecule has 1 heterocycles. The molecule has 0 saturated heterocycles. The minimum absolute atomic E-state index is 0.0108. The third-order valence-corrected chi connectivity index (χ3v) is 2.98. The Morgan fingerprint density at radius 3 is 2.41 bits per heavy atom. The fourth-order valence-electron chi connectivity index (χ4n) is 1.70. The van der Waals surface area contributed by atoms with Crippen LogP contribution < -0.4 is 0 Å². The molecule has 4 heteroatoms. The molecule has 1 unspecified atom stereocenters. The fraction of sp³-hybridized carbons (Fsp3) is 0.231. The summed E-state index contributed by atoms with van der Waals surface area (Å²) < 4.78 is 32.0. The molecule has 2 aromatic rings. The SMILES string of the molecule is Cc1ccoc1C(Cl)Cc1c(F)cccc1F. The van der Waals surface area contributed by atoms with E-state index >= 15 is 0 Å². The summed E-state index contributed by atoms with van der Waals surface area (Å²) in [6.45, 7) is 1.84. The molecule has 0 aliphatic heterocycles. The number of furan rings is 1. The van der Waals surface area contributed by atoms with E-state index in [2.05, 4.69) is 0 Å². The predicted molar refractivity (Wildman–Crippen MR) is 62.1 cm³/mol. The highest BCUT2D eigenvalue weighted by Gasteiger charge is 2.19. The van der Waals surface area contributed by atoms with Crippen molar-refractivity contribution < 1.29 is 13.2 Å². The minimum atomic E-state index is -0.583. The Balaban J connectivity index is 2.25. The van der Waals surface area contributed by atoms with E-state index in [0.717, 1.165) is 5.56 Å². The first kappa shape index (κ1) is 12.1. The topological polar surface area (TPSA) is 13.1 Å². The maximum atomic E-state index is 13.4. The van der Waals surface area contributed by atoms with E-state index in [1.807, 2.05) is 6.92 Å². The van der Waals surface area contributed by atoms with Crippen LogP contribution in [-0.4, -0.2) is 0 Å². The largest absolute Gasteiger partial charge is 0.467 e. The highest BCUT2D eigenvalue weighted by atomic mass is 35.5. The van der Waals surface area contributed by atoms with E-state index in [0.29, 0.717) is 5.76 Å². The number of alkyl halides is 1. The number of benzene rings is 1. The number of hydrogen-bond acceptors (Lipinski definition) is 1. The highest BCUT2D eigenvalue weighted by molar-refractivity contribution is 6.20. The van der Waals surface area contributed by atoms with Gasteiger partial charge in [-0.15, -0.1) is 11.6 Å². The quantitative estimate of drug-likeness (QED) is 0.743. The zero-order valence-corrected chi connectivity index (χ0v) is 9.97. The van der Waals surface area contributed by atoms with Gasteiger partial charge >= 0.3 is 0 Å². The van der Waals surface area contributed by atoms with E-state index in [-0.39, 0.29) is 12.0 Å². The second kappa shape index (κ2) is 4.88. The van der Waals surface area contributed by atoms with Crippen LogP contribution >= 0.6 is 11.6 Å². The first-order chi connectivity index (χ1) is 8.09. The Hall–Kier alpha value is -1.35. The molecule has 0 N–H and O–H groups in total. The van der Waals surface area contributed by atoms with Gasteiger partial charge in [0, 0.05) is 12.0 Å². The summed E-state index contributed by atoms with van der Waals surface area (Å²) >= 11 is 6.10. The summed E-state index contributed by atoms with van der Waals surface area (Å²) in [5, 5.41) is -0.573. The van der Waals surface area contributed by atoms with Gasteiger partial charge in [-0.25, -0.2) is 8.78 Å². The van der Waals surface area contributed by atoms with Crippen molar-refractivity contribution in [2.75, 3.05) is 0 Å². The van der Waals surface area contributed by atoms with Gasteiger partial charge in [0.25, 0.3) is 0 Å². The minimum Gasteiger partial charge on any atom is -0.467 e. The van der Waals surface area contributed by atoms with Gasteiger partial charge in [0.05, 0.1) is 11.6 Å². The van der Waals surface area contributed by atoms with Crippen LogP contribution in [0.3, 0.4) is 0 Å². The van der Waals surface area contributed by atoms with Crippen molar-refractivity contribution in [1.29, 1.82) is 0 Å². The molecule has 0 amide bonds. The van der Waals surface area contributed by atoms with Crippen LogP contribution in [0.2, 0.25) is 0 Å². The molecule has 0 aliphatic carbocycles. The lowest BCUT2D eigenvalue weighted by molar-refractivity contribution is 0.489. The zero-order valence-electron chi connectivity index (χ0n) is 9.21. The van der Waals surface area contributed by atoms with E-state index in [4.69, 9.17) is 16.0 Å². The molecule has 0 radical (unpaired) electrons. The molecule has 0 saturated carbocycles. The Morgan fingerprint density at radius 1 is 1.24 bits per heavy atom. The van der Waals surface area contributed by atoms with Gasteiger partial charge in [0.1, 0.15) is 17.4 Å². The first-order valence-electron chi connectivity index (χ1n) is 5.20. The smallest absolute Gasteiger partial charge is 0.129 e. The molecular formula is C13H11ClF2O. The lowest BCUT2D eigenvalue weighted by Crippen LogP contribution is -2.01. The number of halogens is 3. The summed E-state index contributed by atoms with van der Waals surface area (Å²) in [7, 11) is 0. The fourth-order valence-corrected chi connectivity index (χ4v) is 2.08. The van der Waals surface area contributed by atoms with Crippen molar-refractivity contribution in [2.45, 2.75) is 18.7 Å². The van der Waals surface area contributed by atoms with E-state index in [1.54, 1.807) is 6.07 Å². The van der Waals surface area contributed by atoms with Crippen molar-refractivity contribution in [3.63, 3.8) is 0 Å². The Labute approximate surface area is 103 Å². The molecule has 1 aromatic heterocycles. The van der Waals surface area contributed by atoms with Crippen molar-refractivity contribution in [3.8, 4) is 0 Å². The molecule has 17 heavy (non-hydrogen) atoms. The van der Waals surface area contributed by atoms with Gasteiger partial charge in [-0.2, -0.15) is 0 Å². The van der Waals surface area contributed by atoms with Gasteiger partial charge in [-0.05, 0) is 30.7 Å². The summed E-state index contributed by atoms with van der Waals surface area (Å²) in [6.07, 6.45) is 1.58. The second-order valence-corrected chi connectivity index (χ2v) is 4.37. The van der Waals surface area contributed by atoms with Gasteiger partial charge in [0.15, 0.2) is 0 Å². The molecule has 1 aromatic carbocycles. The molecular weight excluding hydrogens is 246 g/mol. The summed E-state index contributed by atoms with van der Waals surface area (Å²) in [5.74, 6) is -0.617. The lowest BCUT2D eigenvalue weighted by atomic mass is 10.1. The van der Waals surface area contributed by atoms with Crippen molar-refractivity contribution >= 4 is 11.6 Å². The van der Waals surface area contributed by atoms with Gasteiger partial charge in [-0.1, -0.05) is 6.07 Å². The molecule has 90 valence electrons. The standard InChI is InChI=1S/C13H11ClF2O/c1-8-5-6-17-13(8)10(14)7-9-11(15)3-2-4-12(9)16/h2-6,10H,7H2,1H3. The molecule has 1 nitrogen and oxygen atoms in total. The summed E-state index contributed by atoms with van der Waals surface area (Å²) in [5.41, 5.74) is 0.866. The molecule has 0 spiro atoms. The third-order valence-electron chi connectivity index (χ3n) is 2.63. The van der Waals surface area contributed by atoms with E-state index in [9.17, 15) is 8.78 Å². The maximum absolute atomic E-state index is 13.4. The first-order valence-corrected chi connectivity index (χ1v) is 5.64. The van der Waals surface area contributed by atoms with E-state index in [1.165, 1.54) is 24.5 Å².